The number of hydrogen-bond acceptors (Lipinski definition) is 4. The van der Waals surface area contributed by atoms with Gasteiger partial charge < -0.3 is 15.0 Å². The molecule has 6 heteroatoms. The van der Waals surface area contributed by atoms with Crippen LogP contribution in [-0.2, 0) is 21.9 Å². The number of hydrogen-bond donors (Lipinski definition) is 1. The van der Waals surface area contributed by atoms with Crippen molar-refractivity contribution in [3.63, 3.8) is 0 Å². The standard InChI is InChI=1S/C27H36N2O3S/c1-3-25(27(31)28-23-14-8-5-9-15-23)29(18-22-13-10-16-24(17-22)32-2)26(30)20-33-19-21-11-6-4-7-12-21/h4,6-7,10-13,16-17,23,25H,3,5,8-9,14-15,18-20H2,1-2H3,(H,28,31)/t25-/m1/s1. The number of carbonyl (C=O) groups is 2. The number of benzene rings is 2. The van der Waals surface area contributed by atoms with Gasteiger partial charge in [0.1, 0.15) is 11.8 Å². The molecular weight excluding hydrogens is 432 g/mol. The first kappa shape index (κ1) is 25.2. The first-order valence-corrected chi connectivity index (χ1v) is 13.1. The van der Waals surface area contributed by atoms with Crippen LogP contribution >= 0.6 is 11.8 Å². The van der Waals surface area contributed by atoms with Crippen LogP contribution in [0.5, 0.6) is 5.75 Å². The zero-order valence-electron chi connectivity index (χ0n) is 19.8. The van der Waals surface area contributed by atoms with Crippen LogP contribution in [0.2, 0.25) is 0 Å². The van der Waals surface area contributed by atoms with E-state index in [1.165, 1.54) is 12.0 Å². The van der Waals surface area contributed by atoms with Crippen LogP contribution in [0, 0.1) is 0 Å². The van der Waals surface area contributed by atoms with Crippen molar-refractivity contribution < 1.29 is 14.3 Å². The molecule has 2 aromatic carbocycles. The Hall–Kier alpha value is -2.47. The van der Waals surface area contributed by atoms with E-state index in [1.807, 2.05) is 49.4 Å². The third-order valence-corrected chi connectivity index (χ3v) is 7.15. The van der Waals surface area contributed by atoms with E-state index >= 15 is 0 Å². The molecule has 5 nitrogen and oxygen atoms in total. The molecule has 0 unspecified atom stereocenters. The molecule has 1 aliphatic carbocycles. The third-order valence-electron chi connectivity index (χ3n) is 6.16. The molecule has 2 aromatic rings. The topological polar surface area (TPSA) is 58.6 Å². The second kappa shape index (κ2) is 13.3. The minimum Gasteiger partial charge on any atom is -0.497 e. The Morgan fingerprint density at radius 3 is 2.48 bits per heavy atom. The fourth-order valence-electron chi connectivity index (χ4n) is 4.34. The van der Waals surface area contributed by atoms with Gasteiger partial charge in [-0.3, -0.25) is 9.59 Å². The van der Waals surface area contributed by atoms with Crippen molar-refractivity contribution in [2.24, 2.45) is 0 Å². The summed E-state index contributed by atoms with van der Waals surface area (Å²) >= 11 is 1.59. The smallest absolute Gasteiger partial charge is 0.243 e. The summed E-state index contributed by atoms with van der Waals surface area (Å²) in [5.41, 5.74) is 2.15. The van der Waals surface area contributed by atoms with Crippen LogP contribution in [0.4, 0.5) is 0 Å². The van der Waals surface area contributed by atoms with E-state index in [1.54, 1.807) is 23.8 Å². The van der Waals surface area contributed by atoms with Crippen LogP contribution in [0.1, 0.15) is 56.6 Å². The zero-order chi connectivity index (χ0) is 23.5. The Morgan fingerprint density at radius 1 is 1.06 bits per heavy atom. The summed E-state index contributed by atoms with van der Waals surface area (Å²) in [6.45, 7) is 2.37. The summed E-state index contributed by atoms with van der Waals surface area (Å²) in [5, 5.41) is 3.23. The van der Waals surface area contributed by atoms with Crippen molar-refractivity contribution in [3.05, 3.63) is 65.7 Å². The maximum Gasteiger partial charge on any atom is 0.243 e. The number of amides is 2. The van der Waals surface area contributed by atoms with Crippen LogP contribution in [0.25, 0.3) is 0 Å². The molecule has 1 saturated carbocycles. The van der Waals surface area contributed by atoms with Gasteiger partial charge in [-0.15, -0.1) is 11.8 Å². The van der Waals surface area contributed by atoms with Gasteiger partial charge >= 0.3 is 0 Å². The minimum absolute atomic E-state index is 0.00982. The quantitative estimate of drug-likeness (QED) is 0.493. The summed E-state index contributed by atoms with van der Waals surface area (Å²) < 4.78 is 5.36. The number of ether oxygens (including phenoxy) is 1. The second-order valence-electron chi connectivity index (χ2n) is 8.62. The van der Waals surface area contributed by atoms with Crippen molar-refractivity contribution in [2.75, 3.05) is 12.9 Å². The van der Waals surface area contributed by atoms with Gasteiger partial charge in [-0.2, -0.15) is 0 Å². The molecule has 0 aromatic heterocycles. The first-order valence-electron chi connectivity index (χ1n) is 11.9. The summed E-state index contributed by atoms with van der Waals surface area (Å²) in [6, 6.07) is 17.6. The van der Waals surface area contributed by atoms with Crippen LogP contribution < -0.4 is 10.1 Å². The molecule has 1 N–H and O–H groups in total. The van der Waals surface area contributed by atoms with E-state index in [4.69, 9.17) is 4.74 Å². The number of carbonyl (C=O) groups excluding carboxylic acids is 2. The van der Waals surface area contributed by atoms with Crippen molar-refractivity contribution in [3.8, 4) is 5.75 Å². The van der Waals surface area contributed by atoms with Gasteiger partial charge in [-0.25, -0.2) is 0 Å². The summed E-state index contributed by atoms with van der Waals surface area (Å²) in [4.78, 5) is 28.4. The highest BCUT2D eigenvalue weighted by molar-refractivity contribution is 7.99. The monoisotopic (exact) mass is 468 g/mol. The van der Waals surface area contributed by atoms with Gasteiger partial charge in [0.2, 0.25) is 11.8 Å². The highest BCUT2D eigenvalue weighted by atomic mass is 32.2. The normalized spacial score (nSPS) is 15.0. The molecule has 0 spiro atoms. The molecule has 178 valence electrons. The minimum atomic E-state index is -0.483. The van der Waals surface area contributed by atoms with Crippen LogP contribution in [0.15, 0.2) is 54.6 Å². The Kier molecular flexibility index (Phi) is 10.1. The Balaban J connectivity index is 1.71. The molecule has 0 radical (unpaired) electrons. The molecular formula is C27H36N2O3S. The molecule has 1 atom stereocenters. The van der Waals surface area contributed by atoms with E-state index in [0.717, 1.165) is 42.7 Å². The number of nitrogens with one attached hydrogen (secondary N) is 1. The van der Waals surface area contributed by atoms with Crippen molar-refractivity contribution in [2.45, 2.75) is 69.8 Å². The molecule has 0 saturated heterocycles. The highest BCUT2D eigenvalue weighted by Crippen LogP contribution is 2.21. The zero-order valence-corrected chi connectivity index (χ0v) is 20.6. The van der Waals surface area contributed by atoms with Crippen LogP contribution in [-0.4, -0.2) is 41.7 Å². The predicted octanol–water partition coefficient (Wildman–Crippen LogP) is 5.18. The van der Waals surface area contributed by atoms with E-state index in [9.17, 15) is 9.59 Å². The summed E-state index contributed by atoms with van der Waals surface area (Å²) in [5.74, 6) is 1.81. The van der Waals surface area contributed by atoms with Gasteiger partial charge in [0, 0.05) is 18.3 Å². The average Bonchev–Trinajstić information content (AvgIpc) is 2.85. The molecule has 2 amide bonds. The largest absolute Gasteiger partial charge is 0.497 e. The highest BCUT2D eigenvalue weighted by Gasteiger charge is 2.30. The molecule has 3 rings (SSSR count). The van der Waals surface area contributed by atoms with Crippen LogP contribution in [0.3, 0.4) is 0 Å². The third kappa shape index (κ3) is 7.81. The number of thioether (sulfide) groups is 1. The lowest BCUT2D eigenvalue weighted by atomic mass is 9.95. The van der Waals surface area contributed by atoms with Crippen molar-refractivity contribution in [1.82, 2.24) is 10.2 Å². The summed E-state index contributed by atoms with van der Waals surface area (Å²) in [6.07, 6.45) is 6.19. The Bertz CT molecular complexity index is 884. The summed E-state index contributed by atoms with van der Waals surface area (Å²) in [7, 11) is 1.63. The Labute approximate surface area is 202 Å². The van der Waals surface area contributed by atoms with Gasteiger partial charge in [-0.05, 0) is 42.5 Å². The molecule has 0 bridgehead atoms. The SMILES string of the molecule is CC[C@H](C(=O)NC1CCCCC1)N(Cc1cccc(OC)c1)C(=O)CSCc1ccccc1. The van der Waals surface area contributed by atoms with Gasteiger partial charge in [0.25, 0.3) is 0 Å². The maximum absolute atomic E-state index is 13.4. The lowest BCUT2D eigenvalue weighted by Gasteiger charge is -2.32. The molecule has 33 heavy (non-hydrogen) atoms. The molecule has 0 heterocycles. The van der Waals surface area contributed by atoms with E-state index in [2.05, 4.69) is 17.4 Å². The van der Waals surface area contributed by atoms with E-state index in [0.29, 0.717) is 18.7 Å². The molecule has 0 aliphatic heterocycles. The average molecular weight is 469 g/mol. The molecule has 1 aliphatic rings. The van der Waals surface area contributed by atoms with Gasteiger partial charge in [-0.1, -0.05) is 68.7 Å². The van der Waals surface area contributed by atoms with Gasteiger partial charge in [0.15, 0.2) is 0 Å². The number of methoxy groups -OCH3 is 1. The number of rotatable bonds is 11. The van der Waals surface area contributed by atoms with E-state index < -0.39 is 6.04 Å². The fourth-order valence-corrected chi connectivity index (χ4v) is 5.22. The number of nitrogens with zero attached hydrogens (tertiary/aromatic N) is 1. The second-order valence-corrected chi connectivity index (χ2v) is 9.60. The fraction of sp³-hybridized carbons (Fsp3) is 0.481. The Morgan fingerprint density at radius 2 is 1.79 bits per heavy atom. The van der Waals surface area contributed by atoms with Crippen molar-refractivity contribution >= 4 is 23.6 Å². The van der Waals surface area contributed by atoms with Gasteiger partial charge in [0.05, 0.1) is 12.9 Å². The predicted molar refractivity (Wildman–Crippen MR) is 135 cm³/mol. The first-order chi connectivity index (χ1) is 16.1. The molecule has 1 fully saturated rings. The maximum atomic E-state index is 13.4. The van der Waals surface area contributed by atoms with Crippen molar-refractivity contribution in [1.29, 1.82) is 0 Å². The lowest BCUT2D eigenvalue weighted by Crippen LogP contribution is -2.52. The lowest BCUT2D eigenvalue weighted by molar-refractivity contribution is -0.139. The van der Waals surface area contributed by atoms with E-state index in [-0.39, 0.29) is 17.9 Å².